The summed E-state index contributed by atoms with van der Waals surface area (Å²) in [5.41, 5.74) is 2.08. The third kappa shape index (κ3) is 2.52. The molecule has 0 bridgehead atoms. The first kappa shape index (κ1) is 13.3. The largest absolute Gasteiger partial charge is 0.360 e. The number of benzene rings is 1. The topological polar surface area (TPSA) is 46.3 Å². The van der Waals surface area contributed by atoms with E-state index in [1.165, 1.54) is 0 Å². The van der Waals surface area contributed by atoms with Crippen LogP contribution in [0.5, 0.6) is 0 Å². The van der Waals surface area contributed by atoms with Crippen LogP contribution in [0.15, 0.2) is 34.9 Å². The van der Waals surface area contributed by atoms with Gasteiger partial charge in [0.15, 0.2) is 0 Å². The zero-order valence-corrected chi connectivity index (χ0v) is 11.5. The van der Waals surface area contributed by atoms with Gasteiger partial charge in [-0.2, -0.15) is 0 Å². The molecular formula is C15H18N2O2. The SMILES string of the molecule is CCN(CC)C(=O)c1c(-c2ccccc2)noc1C. The standard InChI is InChI=1S/C15H18N2O2/c1-4-17(5-2)15(18)13-11(3)19-16-14(13)12-9-7-6-8-10-12/h6-10H,4-5H2,1-3H3. The Hall–Kier alpha value is -2.10. The van der Waals surface area contributed by atoms with Crippen LogP contribution in [0.25, 0.3) is 11.3 Å². The second-order valence-electron chi connectivity index (χ2n) is 4.31. The van der Waals surface area contributed by atoms with Crippen LogP contribution in [0.2, 0.25) is 0 Å². The van der Waals surface area contributed by atoms with Crippen molar-refractivity contribution in [1.82, 2.24) is 10.1 Å². The van der Waals surface area contributed by atoms with Crippen LogP contribution in [0.1, 0.15) is 30.0 Å². The Morgan fingerprint density at radius 1 is 1.21 bits per heavy atom. The number of carbonyl (C=O) groups is 1. The molecule has 0 radical (unpaired) electrons. The highest BCUT2D eigenvalue weighted by molar-refractivity contribution is 6.00. The average molecular weight is 258 g/mol. The minimum absolute atomic E-state index is 0.0254. The van der Waals surface area contributed by atoms with Crippen molar-refractivity contribution < 1.29 is 9.32 Å². The molecule has 1 aromatic carbocycles. The van der Waals surface area contributed by atoms with Gasteiger partial charge in [-0.15, -0.1) is 0 Å². The average Bonchev–Trinajstić information content (AvgIpc) is 2.83. The van der Waals surface area contributed by atoms with Gasteiger partial charge in [0, 0.05) is 18.7 Å². The quantitative estimate of drug-likeness (QED) is 0.846. The first-order chi connectivity index (χ1) is 9.19. The van der Waals surface area contributed by atoms with Crippen LogP contribution in [-0.4, -0.2) is 29.1 Å². The summed E-state index contributed by atoms with van der Waals surface area (Å²) in [4.78, 5) is 14.3. The molecule has 4 heteroatoms. The smallest absolute Gasteiger partial charge is 0.259 e. The van der Waals surface area contributed by atoms with Crippen molar-refractivity contribution in [3.8, 4) is 11.3 Å². The Balaban J connectivity index is 2.47. The van der Waals surface area contributed by atoms with Crippen molar-refractivity contribution in [3.05, 3.63) is 41.7 Å². The van der Waals surface area contributed by atoms with Gasteiger partial charge in [-0.05, 0) is 20.8 Å². The molecule has 2 aromatic rings. The molecule has 2 rings (SSSR count). The Labute approximate surface area is 113 Å². The van der Waals surface area contributed by atoms with E-state index in [0.717, 1.165) is 5.56 Å². The van der Waals surface area contributed by atoms with Crippen molar-refractivity contribution in [2.75, 3.05) is 13.1 Å². The molecule has 0 aliphatic carbocycles. The number of rotatable bonds is 4. The summed E-state index contributed by atoms with van der Waals surface area (Å²) >= 11 is 0. The Morgan fingerprint density at radius 2 is 1.84 bits per heavy atom. The van der Waals surface area contributed by atoms with E-state index in [1.54, 1.807) is 11.8 Å². The number of aromatic nitrogens is 1. The van der Waals surface area contributed by atoms with E-state index in [1.807, 2.05) is 44.2 Å². The van der Waals surface area contributed by atoms with E-state index in [0.29, 0.717) is 30.1 Å². The van der Waals surface area contributed by atoms with E-state index in [9.17, 15) is 4.79 Å². The zero-order valence-electron chi connectivity index (χ0n) is 11.5. The van der Waals surface area contributed by atoms with Gasteiger partial charge in [0.2, 0.25) is 0 Å². The van der Waals surface area contributed by atoms with Crippen LogP contribution in [0.3, 0.4) is 0 Å². The number of hydrogen-bond acceptors (Lipinski definition) is 3. The molecule has 1 heterocycles. The molecule has 19 heavy (non-hydrogen) atoms. The summed E-state index contributed by atoms with van der Waals surface area (Å²) in [6.07, 6.45) is 0. The van der Waals surface area contributed by atoms with E-state index < -0.39 is 0 Å². The van der Waals surface area contributed by atoms with Gasteiger partial charge >= 0.3 is 0 Å². The maximum Gasteiger partial charge on any atom is 0.259 e. The number of nitrogens with zero attached hydrogens (tertiary/aromatic N) is 2. The number of amides is 1. The molecule has 0 saturated heterocycles. The molecule has 0 unspecified atom stereocenters. The number of hydrogen-bond donors (Lipinski definition) is 0. The Kier molecular flexibility index (Phi) is 4.00. The minimum Gasteiger partial charge on any atom is -0.360 e. The van der Waals surface area contributed by atoms with Gasteiger partial charge in [-0.3, -0.25) is 4.79 Å². The van der Waals surface area contributed by atoms with Gasteiger partial charge in [-0.1, -0.05) is 35.5 Å². The normalized spacial score (nSPS) is 10.5. The molecule has 0 fully saturated rings. The van der Waals surface area contributed by atoms with Gasteiger partial charge in [-0.25, -0.2) is 0 Å². The van der Waals surface area contributed by atoms with Crippen LogP contribution in [0.4, 0.5) is 0 Å². The third-order valence-corrected chi connectivity index (χ3v) is 3.17. The lowest BCUT2D eigenvalue weighted by Gasteiger charge is -2.18. The van der Waals surface area contributed by atoms with Gasteiger partial charge in [0.1, 0.15) is 17.0 Å². The first-order valence-corrected chi connectivity index (χ1v) is 6.50. The highest BCUT2D eigenvalue weighted by Gasteiger charge is 2.24. The lowest BCUT2D eigenvalue weighted by Crippen LogP contribution is -2.31. The molecular weight excluding hydrogens is 240 g/mol. The Morgan fingerprint density at radius 3 is 2.42 bits per heavy atom. The minimum atomic E-state index is -0.0254. The van der Waals surface area contributed by atoms with Gasteiger partial charge in [0.25, 0.3) is 5.91 Å². The van der Waals surface area contributed by atoms with Crippen molar-refractivity contribution in [2.45, 2.75) is 20.8 Å². The Bertz CT molecular complexity index is 557. The maximum absolute atomic E-state index is 12.5. The number of aryl methyl sites for hydroxylation is 1. The summed E-state index contributed by atoms with van der Waals surface area (Å²) < 4.78 is 5.21. The fraction of sp³-hybridized carbons (Fsp3) is 0.333. The molecule has 1 amide bonds. The molecule has 100 valence electrons. The lowest BCUT2D eigenvalue weighted by molar-refractivity contribution is 0.0772. The molecule has 0 atom stereocenters. The fourth-order valence-corrected chi connectivity index (χ4v) is 2.09. The summed E-state index contributed by atoms with van der Waals surface area (Å²) in [6, 6.07) is 9.63. The van der Waals surface area contributed by atoms with Crippen molar-refractivity contribution in [3.63, 3.8) is 0 Å². The lowest BCUT2D eigenvalue weighted by atomic mass is 10.1. The molecule has 0 N–H and O–H groups in total. The van der Waals surface area contributed by atoms with Crippen LogP contribution >= 0.6 is 0 Å². The van der Waals surface area contributed by atoms with E-state index in [2.05, 4.69) is 5.16 Å². The summed E-state index contributed by atoms with van der Waals surface area (Å²) in [7, 11) is 0. The molecule has 0 saturated carbocycles. The molecule has 0 aliphatic rings. The zero-order chi connectivity index (χ0) is 13.8. The second kappa shape index (κ2) is 5.69. The highest BCUT2D eigenvalue weighted by Crippen LogP contribution is 2.26. The monoisotopic (exact) mass is 258 g/mol. The van der Waals surface area contributed by atoms with Crippen molar-refractivity contribution >= 4 is 5.91 Å². The van der Waals surface area contributed by atoms with E-state index in [-0.39, 0.29) is 5.91 Å². The predicted octanol–water partition coefficient (Wildman–Crippen LogP) is 3.13. The third-order valence-electron chi connectivity index (χ3n) is 3.17. The summed E-state index contributed by atoms with van der Waals surface area (Å²) in [6.45, 7) is 7.05. The van der Waals surface area contributed by atoms with Gasteiger partial charge < -0.3 is 9.42 Å². The summed E-state index contributed by atoms with van der Waals surface area (Å²) in [5.74, 6) is 0.540. The van der Waals surface area contributed by atoms with Gasteiger partial charge in [0.05, 0.1) is 0 Å². The predicted molar refractivity (Wildman–Crippen MR) is 73.9 cm³/mol. The molecule has 0 aliphatic heterocycles. The van der Waals surface area contributed by atoms with Crippen LogP contribution in [-0.2, 0) is 0 Å². The van der Waals surface area contributed by atoms with E-state index in [4.69, 9.17) is 4.52 Å². The fourth-order valence-electron chi connectivity index (χ4n) is 2.09. The van der Waals surface area contributed by atoms with E-state index >= 15 is 0 Å². The molecule has 1 aromatic heterocycles. The second-order valence-corrected chi connectivity index (χ2v) is 4.31. The van der Waals surface area contributed by atoms with Crippen molar-refractivity contribution in [1.29, 1.82) is 0 Å². The molecule has 0 spiro atoms. The first-order valence-electron chi connectivity index (χ1n) is 6.50. The highest BCUT2D eigenvalue weighted by atomic mass is 16.5. The van der Waals surface area contributed by atoms with Crippen LogP contribution in [0, 0.1) is 6.92 Å². The summed E-state index contributed by atoms with van der Waals surface area (Å²) in [5, 5.41) is 4.04. The number of carbonyl (C=O) groups excluding carboxylic acids is 1. The van der Waals surface area contributed by atoms with Crippen LogP contribution < -0.4 is 0 Å². The maximum atomic E-state index is 12.5. The van der Waals surface area contributed by atoms with Crippen molar-refractivity contribution in [2.24, 2.45) is 0 Å². The molecule has 4 nitrogen and oxygen atoms in total.